The summed E-state index contributed by atoms with van der Waals surface area (Å²) in [6, 6.07) is 11.5. The number of carbonyl (C=O) groups is 3. The monoisotopic (exact) mass is 471 g/mol. The molecular formula is C25H30FN3O5. The Morgan fingerprint density at radius 3 is 2.38 bits per heavy atom. The van der Waals surface area contributed by atoms with Gasteiger partial charge in [-0.3, -0.25) is 19.6 Å². The van der Waals surface area contributed by atoms with Gasteiger partial charge >= 0.3 is 0 Å². The summed E-state index contributed by atoms with van der Waals surface area (Å²) in [6.45, 7) is 2.13. The molecule has 182 valence electrons. The van der Waals surface area contributed by atoms with Crippen LogP contribution in [0.2, 0.25) is 0 Å². The van der Waals surface area contributed by atoms with Crippen LogP contribution in [-0.2, 0) is 14.4 Å². The highest BCUT2D eigenvalue weighted by Crippen LogP contribution is 2.33. The fraction of sp³-hybridized carbons (Fsp3) is 0.400. The van der Waals surface area contributed by atoms with E-state index in [-0.39, 0.29) is 11.8 Å². The van der Waals surface area contributed by atoms with E-state index in [4.69, 9.17) is 4.74 Å². The van der Waals surface area contributed by atoms with Crippen molar-refractivity contribution in [3.63, 3.8) is 0 Å². The second kappa shape index (κ2) is 11.6. The molecule has 0 aliphatic carbocycles. The Labute approximate surface area is 198 Å². The Kier molecular flexibility index (Phi) is 8.59. The van der Waals surface area contributed by atoms with Gasteiger partial charge in [0.2, 0.25) is 17.7 Å². The van der Waals surface area contributed by atoms with Gasteiger partial charge in [0, 0.05) is 12.2 Å². The molecular weight excluding hydrogens is 441 g/mol. The first kappa shape index (κ1) is 25.2. The SMILES string of the molecule is CC[C@H](C(=O)NO)[C@H](C(=O)N1CCCC[C@H]1C(=O)Nc1ccc(F)cc1)c1ccc(OC)cc1. The predicted octanol–water partition coefficient (Wildman–Crippen LogP) is 3.47. The van der Waals surface area contributed by atoms with Crippen LogP contribution in [0.1, 0.15) is 44.1 Å². The Hall–Kier alpha value is -3.46. The lowest BCUT2D eigenvalue weighted by Gasteiger charge is -2.38. The van der Waals surface area contributed by atoms with Crippen LogP contribution in [0.3, 0.4) is 0 Å². The smallest absolute Gasteiger partial charge is 0.247 e. The largest absolute Gasteiger partial charge is 0.497 e. The highest BCUT2D eigenvalue weighted by Gasteiger charge is 2.41. The molecule has 1 fully saturated rings. The van der Waals surface area contributed by atoms with Crippen LogP contribution >= 0.6 is 0 Å². The minimum atomic E-state index is -0.901. The highest BCUT2D eigenvalue weighted by atomic mass is 19.1. The van der Waals surface area contributed by atoms with Gasteiger partial charge in [-0.1, -0.05) is 19.1 Å². The van der Waals surface area contributed by atoms with E-state index in [1.165, 1.54) is 36.3 Å². The zero-order chi connectivity index (χ0) is 24.7. The normalized spacial score (nSPS) is 17.4. The molecule has 34 heavy (non-hydrogen) atoms. The standard InChI is InChI=1S/C25H30FN3O5/c1-3-20(23(30)28-33)22(16-7-13-19(34-2)14-8-16)25(32)29-15-5-4-6-21(29)24(31)27-18-11-9-17(26)10-12-18/h7-14,20-22,33H,3-6,15H2,1-2H3,(H,27,31)(H,28,30)/t20-,21-,22+/m0/s1. The van der Waals surface area contributed by atoms with Crippen molar-refractivity contribution in [1.29, 1.82) is 0 Å². The van der Waals surface area contributed by atoms with Crippen LogP contribution in [0.15, 0.2) is 48.5 Å². The second-order valence-corrected chi connectivity index (χ2v) is 8.28. The zero-order valence-electron chi connectivity index (χ0n) is 19.3. The first-order valence-corrected chi connectivity index (χ1v) is 11.3. The molecule has 0 bridgehead atoms. The first-order chi connectivity index (χ1) is 16.4. The molecule has 2 aromatic carbocycles. The summed E-state index contributed by atoms with van der Waals surface area (Å²) in [5.41, 5.74) is 2.69. The highest BCUT2D eigenvalue weighted by molar-refractivity contribution is 5.99. The van der Waals surface area contributed by atoms with Crippen LogP contribution in [-0.4, -0.2) is 47.5 Å². The maximum atomic E-state index is 13.9. The van der Waals surface area contributed by atoms with Crippen molar-refractivity contribution >= 4 is 23.4 Å². The number of piperidine rings is 1. The summed E-state index contributed by atoms with van der Waals surface area (Å²) < 4.78 is 18.4. The van der Waals surface area contributed by atoms with Crippen LogP contribution in [0, 0.1) is 11.7 Å². The molecule has 0 saturated carbocycles. The Balaban J connectivity index is 1.91. The average molecular weight is 472 g/mol. The van der Waals surface area contributed by atoms with Gasteiger partial charge in [-0.05, 0) is 67.6 Å². The number of rotatable bonds is 8. The van der Waals surface area contributed by atoms with Crippen molar-refractivity contribution in [2.45, 2.75) is 44.6 Å². The molecule has 3 atom stereocenters. The van der Waals surface area contributed by atoms with Crippen molar-refractivity contribution in [2.75, 3.05) is 19.0 Å². The topological polar surface area (TPSA) is 108 Å². The Bertz CT molecular complexity index is 997. The second-order valence-electron chi connectivity index (χ2n) is 8.28. The summed E-state index contributed by atoms with van der Waals surface area (Å²) in [6.07, 6.45) is 2.27. The first-order valence-electron chi connectivity index (χ1n) is 11.3. The predicted molar refractivity (Wildman–Crippen MR) is 124 cm³/mol. The summed E-state index contributed by atoms with van der Waals surface area (Å²) in [4.78, 5) is 41.0. The lowest BCUT2D eigenvalue weighted by atomic mass is 9.81. The van der Waals surface area contributed by atoms with Gasteiger partial charge < -0.3 is 15.0 Å². The van der Waals surface area contributed by atoms with E-state index in [0.717, 1.165) is 12.8 Å². The molecule has 3 amide bonds. The zero-order valence-corrected chi connectivity index (χ0v) is 19.3. The Morgan fingerprint density at radius 1 is 1.12 bits per heavy atom. The number of halogens is 1. The van der Waals surface area contributed by atoms with Crippen LogP contribution in [0.5, 0.6) is 5.75 Å². The average Bonchev–Trinajstić information content (AvgIpc) is 2.87. The molecule has 3 N–H and O–H groups in total. The van der Waals surface area contributed by atoms with Crippen LogP contribution in [0.25, 0.3) is 0 Å². The molecule has 1 heterocycles. The van der Waals surface area contributed by atoms with Crippen molar-refractivity contribution in [1.82, 2.24) is 10.4 Å². The molecule has 0 unspecified atom stereocenters. The summed E-state index contributed by atoms with van der Waals surface area (Å²) in [5, 5.41) is 12.1. The van der Waals surface area contributed by atoms with Gasteiger partial charge in [-0.25, -0.2) is 9.87 Å². The van der Waals surface area contributed by atoms with Gasteiger partial charge in [-0.2, -0.15) is 0 Å². The fourth-order valence-corrected chi connectivity index (χ4v) is 4.42. The maximum Gasteiger partial charge on any atom is 0.247 e. The molecule has 2 aromatic rings. The number of anilines is 1. The van der Waals surface area contributed by atoms with Gasteiger partial charge in [0.05, 0.1) is 18.9 Å². The third-order valence-electron chi connectivity index (χ3n) is 6.23. The van der Waals surface area contributed by atoms with E-state index in [1.54, 1.807) is 36.7 Å². The van der Waals surface area contributed by atoms with E-state index < -0.39 is 29.6 Å². The van der Waals surface area contributed by atoms with E-state index in [2.05, 4.69) is 5.32 Å². The lowest BCUT2D eigenvalue weighted by Crippen LogP contribution is -2.53. The number of nitrogens with zero attached hydrogens (tertiary/aromatic N) is 1. The number of ether oxygens (including phenoxy) is 1. The number of methoxy groups -OCH3 is 1. The third kappa shape index (κ3) is 5.72. The van der Waals surface area contributed by atoms with Gasteiger partial charge in [0.1, 0.15) is 17.6 Å². The van der Waals surface area contributed by atoms with Crippen molar-refractivity contribution in [2.24, 2.45) is 5.92 Å². The maximum absolute atomic E-state index is 13.9. The minimum Gasteiger partial charge on any atom is -0.497 e. The number of likely N-dealkylation sites (tertiary alicyclic amines) is 1. The Morgan fingerprint density at radius 2 is 1.79 bits per heavy atom. The quantitative estimate of drug-likeness (QED) is 0.404. The molecule has 1 aliphatic rings. The molecule has 0 spiro atoms. The number of hydroxylamine groups is 1. The van der Waals surface area contributed by atoms with Crippen LogP contribution < -0.4 is 15.5 Å². The number of hydrogen-bond donors (Lipinski definition) is 3. The number of carbonyl (C=O) groups excluding carboxylic acids is 3. The summed E-state index contributed by atoms with van der Waals surface area (Å²) in [5.74, 6) is -2.95. The molecule has 0 aromatic heterocycles. The van der Waals surface area contributed by atoms with E-state index in [0.29, 0.717) is 36.4 Å². The fourth-order valence-electron chi connectivity index (χ4n) is 4.42. The van der Waals surface area contributed by atoms with Crippen LogP contribution in [0.4, 0.5) is 10.1 Å². The summed E-state index contributed by atoms with van der Waals surface area (Å²) >= 11 is 0. The number of hydrogen-bond acceptors (Lipinski definition) is 5. The molecule has 0 radical (unpaired) electrons. The third-order valence-corrected chi connectivity index (χ3v) is 6.23. The molecule has 1 saturated heterocycles. The number of nitrogens with one attached hydrogen (secondary N) is 2. The van der Waals surface area contributed by atoms with Crippen molar-refractivity contribution in [3.8, 4) is 5.75 Å². The van der Waals surface area contributed by atoms with Gasteiger partial charge in [0.25, 0.3) is 0 Å². The molecule has 3 rings (SSSR count). The lowest BCUT2D eigenvalue weighted by molar-refractivity contribution is -0.146. The number of benzene rings is 2. The van der Waals surface area contributed by atoms with E-state index in [1.807, 2.05) is 0 Å². The van der Waals surface area contributed by atoms with Crippen molar-refractivity contribution in [3.05, 3.63) is 59.9 Å². The summed E-state index contributed by atoms with van der Waals surface area (Å²) in [7, 11) is 1.53. The number of amides is 3. The molecule has 9 heteroatoms. The minimum absolute atomic E-state index is 0.301. The molecule has 8 nitrogen and oxygen atoms in total. The van der Waals surface area contributed by atoms with Gasteiger partial charge in [0.15, 0.2) is 0 Å². The van der Waals surface area contributed by atoms with E-state index in [9.17, 15) is 24.0 Å². The van der Waals surface area contributed by atoms with Crippen molar-refractivity contribution < 1.29 is 28.7 Å². The van der Waals surface area contributed by atoms with E-state index >= 15 is 0 Å². The van der Waals surface area contributed by atoms with Gasteiger partial charge in [-0.15, -0.1) is 0 Å². The molecule has 1 aliphatic heterocycles.